The van der Waals surface area contributed by atoms with Crippen molar-refractivity contribution in [3.63, 3.8) is 0 Å². The molecule has 2 amide bonds. The van der Waals surface area contributed by atoms with Crippen molar-refractivity contribution in [3.8, 4) is 0 Å². The molecule has 3 heterocycles. The van der Waals surface area contributed by atoms with E-state index in [1.54, 1.807) is 23.3 Å². The molecule has 2 aliphatic rings. The SMILES string of the molecule is O=C(Cc1ccccn1)Nc1cn(CCCCN2C=C(C(=O)NCC3CCCC3)NN2)nn1. The van der Waals surface area contributed by atoms with Crippen LogP contribution in [0.1, 0.15) is 44.2 Å². The molecule has 11 nitrogen and oxygen atoms in total. The van der Waals surface area contributed by atoms with E-state index in [0.29, 0.717) is 29.7 Å². The third-order valence-corrected chi connectivity index (χ3v) is 5.80. The van der Waals surface area contributed by atoms with Crippen LogP contribution in [0.15, 0.2) is 42.5 Å². The third kappa shape index (κ3) is 7.01. The van der Waals surface area contributed by atoms with Crippen LogP contribution >= 0.6 is 0 Å². The first kappa shape index (κ1) is 22.7. The van der Waals surface area contributed by atoms with Gasteiger partial charge in [-0.2, -0.15) is 0 Å². The van der Waals surface area contributed by atoms with Crippen LogP contribution in [0.4, 0.5) is 5.82 Å². The van der Waals surface area contributed by atoms with Crippen LogP contribution < -0.4 is 21.6 Å². The number of hydrogen-bond acceptors (Lipinski definition) is 8. The number of nitrogens with zero attached hydrogens (tertiary/aromatic N) is 5. The largest absolute Gasteiger partial charge is 0.350 e. The lowest BCUT2D eigenvalue weighted by Crippen LogP contribution is -2.40. The zero-order valence-corrected chi connectivity index (χ0v) is 18.7. The van der Waals surface area contributed by atoms with Crippen LogP contribution in [0, 0.1) is 5.92 Å². The normalized spacial score (nSPS) is 15.9. The van der Waals surface area contributed by atoms with Gasteiger partial charge in [0.1, 0.15) is 5.70 Å². The molecule has 0 spiro atoms. The maximum Gasteiger partial charge on any atom is 0.270 e. The number of aryl methyl sites for hydroxylation is 1. The Bertz CT molecular complexity index is 954. The fourth-order valence-electron chi connectivity index (χ4n) is 4.01. The highest BCUT2D eigenvalue weighted by atomic mass is 16.2. The first-order chi connectivity index (χ1) is 16.2. The third-order valence-electron chi connectivity index (χ3n) is 5.80. The van der Waals surface area contributed by atoms with Crippen molar-refractivity contribution in [2.24, 2.45) is 5.92 Å². The van der Waals surface area contributed by atoms with Gasteiger partial charge in [0.2, 0.25) is 5.91 Å². The lowest BCUT2D eigenvalue weighted by molar-refractivity contribution is -0.118. The van der Waals surface area contributed by atoms with Crippen LogP contribution in [-0.2, 0) is 22.6 Å². The minimum atomic E-state index is -0.178. The second kappa shape index (κ2) is 11.4. The van der Waals surface area contributed by atoms with Gasteiger partial charge < -0.3 is 10.6 Å². The first-order valence-corrected chi connectivity index (χ1v) is 11.5. The molecule has 1 saturated carbocycles. The maximum atomic E-state index is 12.3. The van der Waals surface area contributed by atoms with Crippen LogP contribution in [0.3, 0.4) is 0 Å². The zero-order chi connectivity index (χ0) is 22.9. The number of amides is 2. The summed E-state index contributed by atoms with van der Waals surface area (Å²) in [6, 6.07) is 5.47. The number of anilines is 1. The molecule has 0 radical (unpaired) electrons. The number of pyridine rings is 1. The van der Waals surface area contributed by atoms with Crippen molar-refractivity contribution in [1.29, 1.82) is 0 Å². The molecule has 33 heavy (non-hydrogen) atoms. The van der Waals surface area contributed by atoms with Crippen molar-refractivity contribution in [2.75, 3.05) is 18.4 Å². The average molecular weight is 454 g/mol. The highest BCUT2D eigenvalue weighted by Gasteiger charge is 2.20. The van der Waals surface area contributed by atoms with E-state index in [-0.39, 0.29) is 18.2 Å². The molecule has 1 fully saturated rings. The van der Waals surface area contributed by atoms with Crippen molar-refractivity contribution in [3.05, 3.63) is 48.2 Å². The number of hydrogen-bond donors (Lipinski definition) is 4. The number of carbonyl (C=O) groups is 2. The van der Waals surface area contributed by atoms with E-state index in [1.165, 1.54) is 25.7 Å². The molecule has 176 valence electrons. The molecule has 0 bridgehead atoms. The topological polar surface area (TPSA) is 129 Å². The molecule has 1 aliphatic carbocycles. The predicted molar refractivity (Wildman–Crippen MR) is 122 cm³/mol. The van der Waals surface area contributed by atoms with Gasteiger partial charge in [-0.1, -0.05) is 24.1 Å². The van der Waals surface area contributed by atoms with Crippen molar-refractivity contribution < 1.29 is 9.59 Å². The number of aromatic nitrogens is 4. The monoisotopic (exact) mass is 453 g/mol. The second-order valence-corrected chi connectivity index (χ2v) is 8.45. The van der Waals surface area contributed by atoms with Gasteiger partial charge in [0.05, 0.1) is 12.6 Å². The van der Waals surface area contributed by atoms with Crippen molar-refractivity contribution >= 4 is 17.6 Å². The summed E-state index contributed by atoms with van der Waals surface area (Å²) in [5, 5.41) is 15.7. The van der Waals surface area contributed by atoms with Crippen molar-refractivity contribution in [1.82, 2.24) is 41.3 Å². The minimum absolute atomic E-state index is 0.0721. The number of hydrazine groups is 2. The average Bonchev–Trinajstić information content (AvgIpc) is 3.58. The van der Waals surface area contributed by atoms with Gasteiger partial charge in [-0.3, -0.25) is 29.7 Å². The Morgan fingerprint density at radius 1 is 1.15 bits per heavy atom. The van der Waals surface area contributed by atoms with Gasteiger partial charge in [-0.25, -0.2) is 0 Å². The fourth-order valence-corrected chi connectivity index (χ4v) is 4.01. The summed E-state index contributed by atoms with van der Waals surface area (Å²) in [5.74, 6) is 0.796. The fraction of sp³-hybridized carbons (Fsp3) is 0.500. The molecule has 1 aliphatic heterocycles. The van der Waals surface area contributed by atoms with E-state index in [0.717, 1.165) is 25.9 Å². The molecular weight excluding hydrogens is 422 g/mol. The summed E-state index contributed by atoms with van der Waals surface area (Å²) in [6.07, 6.45) is 12.1. The van der Waals surface area contributed by atoms with Crippen LogP contribution in [0.2, 0.25) is 0 Å². The summed E-state index contributed by atoms with van der Waals surface area (Å²) in [4.78, 5) is 28.5. The van der Waals surface area contributed by atoms with Gasteiger partial charge in [-0.15, -0.1) is 10.6 Å². The maximum absolute atomic E-state index is 12.3. The van der Waals surface area contributed by atoms with Gasteiger partial charge in [0, 0.05) is 37.7 Å². The summed E-state index contributed by atoms with van der Waals surface area (Å²) in [6.45, 7) is 2.18. The van der Waals surface area contributed by atoms with E-state index in [1.807, 2.05) is 23.2 Å². The van der Waals surface area contributed by atoms with E-state index in [9.17, 15) is 9.59 Å². The Balaban J connectivity index is 1.12. The lowest BCUT2D eigenvalue weighted by atomic mass is 10.1. The van der Waals surface area contributed by atoms with Gasteiger partial charge in [-0.05, 0) is 43.7 Å². The van der Waals surface area contributed by atoms with E-state index in [4.69, 9.17) is 0 Å². The molecule has 0 atom stereocenters. The minimum Gasteiger partial charge on any atom is -0.350 e. The Labute approximate surface area is 192 Å². The molecule has 2 aromatic heterocycles. The Kier molecular flexibility index (Phi) is 7.85. The van der Waals surface area contributed by atoms with Gasteiger partial charge in [0.25, 0.3) is 5.91 Å². The van der Waals surface area contributed by atoms with Crippen molar-refractivity contribution in [2.45, 2.75) is 51.5 Å². The summed E-state index contributed by atoms with van der Waals surface area (Å²) in [5.41, 5.74) is 7.18. The van der Waals surface area contributed by atoms with E-state index in [2.05, 4.69) is 36.9 Å². The van der Waals surface area contributed by atoms with E-state index < -0.39 is 0 Å². The lowest BCUT2D eigenvalue weighted by Gasteiger charge is -2.14. The van der Waals surface area contributed by atoms with Crippen LogP contribution in [0.25, 0.3) is 0 Å². The molecule has 0 saturated heterocycles. The molecule has 11 heteroatoms. The predicted octanol–water partition coefficient (Wildman–Crippen LogP) is 1.11. The number of nitrogens with one attached hydrogen (secondary N) is 4. The van der Waals surface area contributed by atoms with Gasteiger partial charge >= 0.3 is 0 Å². The summed E-state index contributed by atoms with van der Waals surface area (Å²) >= 11 is 0. The Morgan fingerprint density at radius 3 is 2.82 bits per heavy atom. The summed E-state index contributed by atoms with van der Waals surface area (Å²) in [7, 11) is 0. The molecular formula is C22H31N9O2. The van der Waals surface area contributed by atoms with Crippen LogP contribution in [-0.4, -0.2) is 49.9 Å². The second-order valence-electron chi connectivity index (χ2n) is 8.45. The Morgan fingerprint density at radius 2 is 2.00 bits per heavy atom. The zero-order valence-electron chi connectivity index (χ0n) is 18.7. The smallest absolute Gasteiger partial charge is 0.270 e. The number of unbranched alkanes of at least 4 members (excludes halogenated alkanes) is 1. The van der Waals surface area contributed by atoms with Crippen LogP contribution in [0.5, 0.6) is 0 Å². The number of rotatable bonds is 11. The molecule has 0 aromatic carbocycles. The quantitative estimate of drug-likeness (QED) is 0.373. The molecule has 0 unspecified atom stereocenters. The van der Waals surface area contributed by atoms with E-state index >= 15 is 0 Å². The summed E-state index contributed by atoms with van der Waals surface area (Å²) < 4.78 is 1.71. The molecule has 4 rings (SSSR count). The highest BCUT2D eigenvalue weighted by molar-refractivity contribution is 5.92. The molecule has 2 aromatic rings. The van der Waals surface area contributed by atoms with Gasteiger partial charge in [0.15, 0.2) is 5.82 Å². The molecule has 4 N–H and O–H groups in total. The number of carbonyl (C=O) groups excluding carboxylic acids is 2. The standard InChI is InChI=1S/C22H31N9O2/c32-21(13-18-9-3-4-10-23-18)25-20-16-31(29-27-20)12-6-5-11-30-15-19(26-28-30)22(33)24-14-17-7-1-2-8-17/h3-4,9-10,15-17,26,28H,1-2,5-8,11-14H2,(H,24,33)(H,25,32). The highest BCUT2D eigenvalue weighted by Crippen LogP contribution is 2.23. The Hall–Kier alpha value is -3.47. The first-order valence-electron chi connectivity index (χ1n) is 11.5.